The Morgan fingerprint density at radius 1 is 1.37 bits per heavy atom. The Hall–Kier alpha value is -1.49. The van der Waals surface area contributed by atoms with Crippen LogP contribution in [0.15, 0.2) is 18.3 Å². The highest BCUT2D eigenvalue weighted by Gasteiger charge is 2.32. The molecule has 1 aliphatic rings. The van der Waals surface area contributed by atoms with Crippen molar-refractivity contribution in [2.24, 2.45) is 11.1 Å². The largest absolute Gasteiger partial charge is 0.350 e. The van der Waals surface area contributed by atoms with Gasteiger partial charge in [-0.25, -0.2) is 0 Å². The van der Waals surface area contributed by atoms with Crippen LogP contribution in [0.25, 0.3) is 0 Å². The highest BCUT2D eigenvalue weighted by Crippen LogP contribution is 2.38. The first-order valence-corrected chi connectivity index (χ1v) is 6.97. The molecule has 3 N–H and O–H groups in total. The van der Waals surface area contributed by atoms with Crippen LogP contribution in [0.1, 0.15) is 44.2 Å². The van der Waals surface area contributed by atoms with Gasteiger partial charge in [-0.2, -0.15) is 10.2 Å². The summed E-state index contributed by atoms with van der Waals surface area (Å²) in [5, 5.41) is 10.6. The summed E-state index contributed by atoms with van der Waals surface area (Å²) in [4.78, 5) is 12.0. The fourth-order valence-corrected chi connectivity index (χ4v) is 2.77. The Labute approximate surface area is 114 Å². The molecule has 0 unspecified atom stereocenters. The number of carbonyl (C=O) groups is 1. The summed E-state index contributed by atoms with van der Waals surface area (Å²) in [6.07, 6.45) is 7.94. The molecule has 0 aromatic carbocycles. The second-order valence-electron chi connectivity index (χ2n) is 5.43. The first-order chi connectivity index (χ1) is 9.24. The first kappa shape index (κ1) is 13.9. The van der Waals surface area contributed by atoms with Gasteiger partial charge in [-0.3, -0.25) is 4.79 Å². The molecule has 0 aliphatic heterocycles. The smallest absolute Gasteiger partial charge is 0.220 e. The molecule has 0 saturated heterocycles. The molecular weight excluding hydrogens is 240 g/mol. The van der Waals surface area contributed by atoms with Crippen molar-refractivity contribution in [1.82, 2.24) is 15.5 Å². The Bertz CT molecular complexity index is 401. The van der Waals surface area contributed by atoms with E-state index in [1.54, 1.807) is 6.20 Å². The van der Waals surface area contributed by atoms with E-state index in [-0.39, 0.29) is 11.3 Å². The van der Waals surface area contributed by atoms with E-state index in [0.717, 1.165) is 18.5 Å². The van der Waals surface area contributed by atoms with Gasteiger partial charge in [0.15, 0.2) is 0 Å². The van der Waals surface area contributed by atoms with E-state index in [0.29, 0.717) is 19.5 Å². The first-order valence-electron chi connectivity index (χ1n) is 6.97. The Kier molecular flexibility index (Phi) is 4.85. The topological polar surface area (TPSA) is 80.9 Å². The van der Waals surface area contributed by atoms with Crippen molar-refractivity contribution in [2.45, 2.75) is 45.1 Å². The van der Waals surface area contributed by atoms with Crippen LogP contribution in [0.2, 0.25) is 0 Å². The van der Waals surface area contributed by atoms with Crippen LogP contribution in [-0.4, -0.2) is 22.6 Å². The van der Waals surface area contributed by atoms with E-state index in [2.05, 4.69) is 15.5 Å². The number of nitrogens with zero attached hydrogens (tertiary/aromatic N) is 2. The maximum atomic E-state index is 12.0. The van der Waals surface area contributed by atoms with Gasteiger partial charge in [0.2, 0.25) is 5.91 Å². The molecule has 0 spiro atoms. The SMILES string of the molecule is NCC1(CC(=O)NCc2cccnn2)CCCCC1. The molecule has 1 heterocycles. The molecule has 1 saturated carbocycles. The molecule has 2 rings (SSSR count). The number of aromatic nitrogens is 2. The molecular formula is C14H22N4O. The van der Waals surface area contributed by atoms with Crippen LogP contribution in [0, 0.1) is 5.41 Å². The summed E-state index contributed by atoms with van der Waals surface area (Å²) < 4.78 is 0. The lowest BCUT2D eigenvalue weighted by Crippen LogP contribution is -2.38. The lowest BCUT2D eigenvalue weighted by atomic mass is 9.71. The van der Waals surface area contributed by atoms with E-state index < -0.39 is 0 Å². The van der Waals surface area contributed by atoms with Gasteiger partial charge >= 0.3 is 0 Å². The van der Waals surface area contributed by atoms with Crippen molar-refractivity contribution in [3.8, 4) is 0 Å². The average Bonchev–Trinajstić information content (AvgIpc) is 2.47. The second-order valence-corrected chi connectivity index (χ2v) is 5.43. The lowest BCUT2D eigenvalue weighted by Gasteiger charge is -2.35. The molecule has 1 aromatic heterocycles. The number of rotatable bonds is 5. The third-order valence-corrected chi connectivity index (χ3v) is 3.98. The summed E-state index contributed by atoms with van der Waals surface area (Å²) in [7, 11) is 0. The third-order valence-electron chi connectivity index (χ3n) is 3.98. The highest BCUT2D eigenvalue weighted by atomic mass is 16.1. The van der Waals surface area contributed by atoms with Gasteiger partial charge in [-0.05, 0) is 36.9 Å². The van der Waals surface area contributed by atoms with Crippen LogP contribution in [0.3, 0.4) is 0 Å². The average molecular weight is 262 g/mol. The molecule has 1 fully saturated rings. The van der Waals surface area contributed by atoms with Crippen LogP contribution >= 0.6 is 0 Å². The number of hydrogen-bond acceptors (Lipinski definition) is 4. The van der Waals surface area contributed by atoms with Crippen LogP contribution in [0.5, 0.6) is 0 Å². The Morgan fingerprint density at radius 3 is 2.79 bits per heavy atom. The predicted molar refractivity (Wildman–Crippen MR) is 73.1 cm³/mol. The van der Waals surface area contributed by atoms with Crippen molar-refractivity contribution in [3.63, 3.8) is 0 Å². The van der Waals surface area contributed by atoms with Crippen molar-refractivity contribution >= 4 is 5.91 Å². The zero-order chi connectivity index (χ0) is 13.6. The van der Waals surface area contributed by atoms with Gasteiger partial charge in [0.05, 0.1) is 12.2 Å². The lowest BCUT2D eigenvalue weighted by molar-refractivity contribution is -0.124. The summed E-state index contributed by atoms with van der Waals surface area (Å²) in [5.41, 5.74) is 6.69. The summed E-state index contributed by atoms with van der Waals surface area (Å²) in [6.45, 7) is 1.04. The van der Waals surface area contributed by atoms with Crippen LogP contribution < -0.4 is 11.1 Å². The zero-order valence-corrected chi connectivity index (χ0v) is 11.3. The van der Waals surface area contributed by atoms with Gasteiger partial charge in [0, 0.05) is 12.6 Å². The minimum Gasteiger partial charge on any atom is -0.350 e. The molecule has 1 aromatic rings. The van der Waals surface area contributed by atoms with Crippen molar-refractivity contribution in [1.29, 1.82) is 0 Å². The van der Waals surface area contributed by atoms with Gasteiger partial charge < -0.3 is 11.1 Å². The highest BCUT2D eigenvalue weighted by molar-refractivity contribution is 5.76. The molecule has 5 heteroatoms. The van der Waals surface area contributed by atoms with E-state index in [1.807, 2.05) is 12.1 Å². The predicted octanol–water partition coefficient (Wildman–Crippen LogP) is 1.39. The molecule has 1 amide bonds. The van der Waals surface area contributed by atoms with Crippen LogP contribution in [0.4, 0.5) is 0 Å². The van der Waals surface area contributed by atoms with Gasteiger partial charge in [0.25, 0.3) is 0 Å². The summed E-state index contributed by atoms with van der Waals surface area (Å²) >= 11 is 0. The monoisotopic (exact) mass is 262 g/mol. The normalized spacial score (nSPS) is 17.9. The fraction of sp³-hybridized carbons (Fsp3) is 0.643. The molecule has 1 aliphatic carbocycles. The maximum Gasteiger partial charge on any atom is 0.220 e. The number of nitrogens with one attached hydrogen (secondary N) is 1. The van der Waals surface area contributed by atoms with E-state index >= 15 is 0 Å². The Morgan fingerprint density at radius 2 is 2.16 bits per heavy atom. The maximum absolute atomic E-state index is 12.0. The number of nitrogens with two attached hydrogens (primary N) is 1. The minimum atomic E-state index is 0.0186. The van der Waals surface area contributed by atoms with Crippen molar-refractivity contribution in [3.05, 3.63) is 24.0 Å². The van der Waals surface area contributed by atoms with E-state index in [1.165, 1.54) is 19.3 Å². The standard InChI is InChI=1S/C14H22N4O/c15-11-14(6-2-1-3-7-14)9-13(19)16-10-12-5-4-8-17-18-12/h4-5,8H,1-3,6-7,9-11,15H2,(H,16,19). The molecule has 0 bridgehead atoms. The number of carbonyl (C=O) groups excluding carboxylic acids is 1. The number of amides is 1. The summed E-state index contributed by atoms with van der Waals surface area (Å²) in [5.74, 6) is 0.0676. The third kappa shape index (κ3) is 3.99. The van der Waals surface area contributed by atoms with Gasteiger partial charge in [-0.15, -0.1) is 0 Å². The van der Waals surface area contributed by atoms with Gasteiger partial charge in [0.1, 0.15) is 0 Å². The van der Waals surface area contributed by atoms with Crippen molar-refractivity contribution in [2.75, 3.05) is 6.54 Å². The molecule has 0 atom stereocenters. The quantitative estimate of drug-likeness (QED) is 0.840. The molecule has 104 valence electrons. The molecule has 0 radical (unpaired) electrons. The minimum absolute atomic E-state index is 0.0186. The zero-order valence-electron chi connectivity index (χ0n) is 11.3. The van der Waals surface area contributed by atoms with E-state index in [4.69, 9.17) is 5.73 Å². The summed E-state index contributed by atoms with van der Waals surface area (Å²) in [6, 6.07) is 3.67. The molecule has 5 nitrogen and oxygen atoms in total. The van der Waals surface area contributed by atoms with E-state index in [9.17, 15) is 4.79 Å². The fourth-order valence-electron chi connectivity index (χ4n) is 2.77. The van der Waals surface area contributed by atoms with Crippen LogP contribution in [-0.2, 0) is 11.3 Å². The number of hydrogen-bond donors (Lipinski definition) is 2. The van der Waals surface area contributed by atoms with Gasteiger partial charge in [-0.1, -0.05) is 19.3 Å². The second kappa shape index (κ2) is 6.61. The molecule has 19 heavy (non-hydrogen) atoms. The Balaban J connectivity index is 1.83. The van der Waals surface area contributed by atoms with Crippen molar-refractivity contribution < 1.29 is 4.79 Å².